The molecule has 0 bridgehead atoms. The van der Waals surface area contributed by atoms with Crippen molar-refractivity contribution in [2.45, 2.75) is 45.8 Å². The van der Waals surface area contributed by atoms with Crippen molar-refractivity contribution in [1.29, 1.82) is 0 Å². The average Bonchev–Trinajstić information content (AvgIpc) is 2.90. The molecule has 1 atom stereocenters. The highest BCUT2D eigenvalue weighted by Gasteiger charge is 2.47. The molecule has 2 aromatic carbocycles. The Kier molecular flexibility index (Phi) is 4.48. The van der Waals surface area contributed by atoms with Crippen LogP contribution in [0.2, 0.25) is 0 Å². The Morgan fingerprint density at radius 3 is 2.42 bits per heavy atom. The molecule has 2 amide bonds. The largest absolute Gasteiger partial charge is 0.508 e. The lowest BCUT2D eigenvalue weighted by Crippen LogP contribution is -2.48. The van der Waals surface area contributed by atoms with Gasteiger partial charge in [-0.05, 0) is 44.9 Å². The van der Waals surface area contributed by atoms with E-state index in [1.54, 1.807) is 24.0 Å². The maximum atomic E-state index is 13.0. The zero-order valence-corrected chi connectivity index (χ0v) is 15.5. The summed E-state index contributed by atoms with van der Waals surface area (Å²) in [5, 5.41) is 12.9. The van der Waals surface area contributed by atoms with E-state index in [0.717, 1.165) is 5.56 Å². The van der Waals surface area contributed by atoms with Crippen LogP contribution in [-0.4, -0.2) is 27.4 Å². The molecule has 1 aliphatic rings. The number of aromatic hydroxyl groups is 1. The second-order valence-electron chi connectivity index (χ2n) is 7.63. The fraction of sp³-hybridized carbons (Fsp3) is 0.333. The molecule has 0 fully saturated rings. The van der Waals surface area contributed by atoms with Crippen LogP contribution in [0.5, 0.6) is 5.75 Å². The molecule has 3 rings (SSSR count). The van der Waals surface area contributed by atoms with E-state index in [9.17, 15) is 14.7 Å². The summed E-state index contributed by atoms with van der Waals surface area (Å²) in [6, 6.07) is 12.2. The molecule has 5 heteroatoms. The van der Waals surface area contributed by atoms with E-state index in [2.05, 4.69) is 5.32 Å². The summed E-state index contributed by atoms with van der Waals surface area (Å²) in [5.41, 5.74) is 2.05. The van der Waals surface area contributed by atoms with Gasteiger partial charge in [0, 0.05) is 17.6 Å². The SMILES string of the molecule is Cc1c(O)ccc2c1C(=O)N(C(C)(C)C)C2C(=O)NCc1ccccc1. The monoisotopic (exact) mass is 352 g/mol. The smallest absolute Gasteiger partial charge is 0.256 e. The molecule has 1 aliphatic heterocycles. The molecule has 0 aliphatic carbocycles. The maximum Gasteiger partial charge on any atom is 0.256 e. The van der Waals surface area contributed by atoms with Crippen molar-refractivity contribution >= 4 is 11.8 Å². The van der Waals surface area contributed by atoms with Crippen molar-refractivity contribution < 1.29 is 14.7 Å². The second kappa shape index (κ2) is 6.48. The molecule has 2 aromatic rings. The predicted octanol–water partition coefficient (Wildman–Crippen LogP) is 3.31. The summed E-state index contributed by atoms with van der Waals surface area (Å²) in [7, 11) is 0. The number of rotatable bonds is 3. The Morgan fingerprint density at radius 2 is 1.81 bits per heavy atom. The average molecular weight is 352 g/mol. The minimum Gasteiger partial charge on any atom is -0.508 e. The van der Waals surface area contributed by atoms with E-state index >= 15 is 0 Å². The molecule has 1 heterocycles. The third-order valence-electron chi connectivity index (χ3n) is 4.73. The van der Waals surface area contributed by atoms with Gasteiger partial charge < -0.3 is 15.3 Å². The van der Waals surface area contributed by atoms with E-state index in [4.69, 9.17) is 0 Å². The minimum absolute atomic E-state index is 0.0660. The first-order chi connectivity index (χ1) is 12.2. The normalized spacial score (nSPS) is 16.5. The number of nitrogens with zero attached hydrogens (tertiary/aromatic N) is 1. The quantitative estimate of drug-likeness (QED) is 0.890. The van der Waals surface area contributed by atoms with Gasteiger partial charge in [0.15, 0.2) is 0 Å². The summed E-state index contributed by atoms with van der Waals surface area (Å²) < 4.78 is 0. The summed E-state index contributed by atoms with van der Waals surface area (Å²) in [6.45, 7) is 7.82. The third kappa shape index (κ3) is 3.05. The molecule has 2 N–H and O–H groups in total. The lowest BCUT2D eigenvalue weighted by atomic mass is 9.98. The number of phenolic OH excluding ortho intramolecular Hbond substituents is 1. The number of carbonyl (C=O) groups excluding carboxylic acids is 2. The molecule has 0 aromatic heterocycles. The number of nitrogens with one attached hydrogen (secondary N) is 1. The molecule has 5 nitrogen and oxygen atoms in total. The number of amides is 2. The van der Waals surface area contributed by atoms with Gasteiger partial charge in [0.25, 0.3) is 5.91 Å². The van der Waals surface area contributed by atoms with Gasteiger partial charge in [0.2, 0.25) is 5.91 Å². The van der Waals surface area contributed by atoms with Crippen LogP contribution in [0.1, 0.15) is 53.9 Å². The van der Waals surface area contributed by atoms with Gasteiger partial charge in [0.1, 0.15) is 11.8 Å². The number of hydrogen-bond acceptors (Lipinski definition) is 3. The molecule has 1 unspecified atom stereocenters. The van der Waals surface area contributed by atoms with Crippen LogP contribution in [0, 0.1) is 6.92 Å². The second-order valence-corrected chi connectivity index (χ2v) is 7.63. The predicted molar refractivity (Wildman–Crippen MR) is 99.8 cm³/mol. The first kappa shape index (κ1) is 18.0. The van der Waals surface area contributed by atoms with Crippen LogP contribution in [0.25, 0.3) is 0 Å². The molecule has 136 valence electrons. The maximum absolute atomic E-state index is 13.0. The summed E-state index contributed by atoms with van der Waals surface area (Å²) >= 11 is 0. The number of benzene rings is 2. The van der Waals surface area contributed by atoms with Crippen molar-refractivity contribution in [1.82, 2.24) is 10.2 Å². The van der Waals surface area contributed by atoms with Crippen LogP contribution < -0.4 is 5.32 Å². The molecule has 0 saturated heterocycles. The highest BCUT2D eigenvalue weighted by Crippen LogP contribution is 2.42. The summed E-state index contributed by atoms with van der Waals surface area (Å²) in [5.74, 6) is -0.377. The van der Waals surface area contributed by atoms with E-state index in [1.165, 1.54) is 0 Å². The number of hydrogen-bond donors (Lipinski definition) is 2. The highest BCUT2D eigenvalue weighted by molar-refractivity contribution is 6.06. The number of carbonyl (C=O) groups is 2. The fourth-order valence-electron chi connectivity index (χ4n) is 3.44. The first-order valence-electron chi connectivity index (χ1n) is 8.69. The summed E-state index contributed by atoms with van der Waals surface area (Å²) in [4.78, 5) is 27.7. The van der Waals surface area contributed by atoms with Crippen LogP contribution in [-0.2, 0) is 11.3 Å². The molecular weight excluding hydrogens is 328 g/mol. The van der Waals surface area contributed by atoms with Crippen LogP contribution in [0.15, 0.2) is 42.5 Å². The summed E-state index contributed by atoms with van der Waals surface area (Å²) in [6.07, 6.45) is 0. The molecule has 26 heavy (non-hydrogen) atoms. The van der Waals surface area contributed by atoms with E-state index in [1.807, 2.05) is 51.1 Å². The Labute approximate surface area is 153 Å². The van der Waals surface area contributed by atoms with Gasteiger partial charge in [-0.15, -0.1) is 0 Å². The van der Waals surface area contributed by atoms with Crippen LogP contribution in [0.4, 0.5) is 0 Å². The molecule has 0 saturated carbocycles. The number of fused-ring (bicyclic) bond motifs is 1. The van der Waals surface area contributed by atoms with E-state index in [-0.39, 0.29) is 17.6 Å². The Balaban J connectivity index is 1.96. The van der Waals surface area contributed by atoms with Gasteiger partial charge in [-0.2, -0.15) is 0 Å². The van der Waals surface area contributed by atoms with Gasteiger partial charge >= 0.3 is 0 Å². The molecule has 0 spiro atoms. The molecular formula is C21H24N2O3. The number of phenols is 1. The Morgan fingerprint density at radius 1 is 1.15 bits per heavy atom. The lowest BCUT2D eigenvalue weighted by molar-refractivity contribution is -0.127. The van der Waals surface area contributed by atoms with Gasteiger partial charge in [-0.25, -0.2) is 0 Å². The minimum atomic E-state index is -0.708. The molecule has 0 radical (unpaired) electrons. The van der Waals surface area contributed by atoms with Crippen molar-refractivity contribution in [2.75, 3.05) is 0 Å². The third-order valence-corrected chi connectivity index (χ3v) is 4.73. The highest BCUT2D eigenvalue weighted by atomic mass is 16.3. The topological polar surface area (TPSA) is 69.6 Å². The van der Waals surface area contributed by atoms with Gasteiger partial charge in [-0.3, -0.25) is 9.59 Å². The van der Waals surface area contributed by atoms with E-state index < -0.39 is 11.6 Å². The first-order valence-corrected chi connectivity index (χ1v) is 8.69. The van der Waals surface area contributed by atoms with Crippen LogP contribution in [0.3, 0.4) is 0 Å². The fourth-order valence-corrected chi connectivity index (χ4v) is 3.44. The Hall–Kier alpha value is -2.82. The van der Waals surface area contributed by atoms with Gasteiger partial charge in [0.05, 0.1) is 5.56 Å². The van der Waals surface area contributed by atoms with Crippen molar-refractivity contribution in [2.24, 2.45) is 0 Å². The van der Waals surface area contributed by atoms with Gasteiger partial charge in [-0.1, -0.05) is 36.4 Å². The lowest BCUT2D eigenvalue weighted by Gasteiger charge is -2.36. The zero-order chi connectivity index (χ0) is 19.1. The van der Waals surface area contributed by atoms with Crippen molar-refractivity contribution in [3.8, 4) is 5.75 Å². The van der Waals surface area contributed by atoms with E-state index in [0.29, 0.717) is 23.2 Å². The zero-order valence-electron chi connectivity index (χ0n) is 15.5. The van der Waals surface area contributed by atoms with Crippen LogP contribution >= 0.6 is 0 Å². The Bertz CT molecular complexity index is 854. The van der Waals surface area contributed by atoms with Crippen molar-refractivity contribution in [3.05, 3.63) is 64.7 Å². The van der Waals surface area contributed by atoms with Crippen molar-refractivity contribution in [3.63, 3.8) is 0 Å². The standard InChI is InChI=1S/C21H24N2O3/c1-13-16(24)11-10-15-17(13)20(26)23(21(2,3)4)18(15)19(25)22-12-14-8-6-5-7-9-14/h5-11,18,24H,12H2,1-4H3,(H,22,25).